The van der Waals surface area contributed by atoms with Crippen LogP contribution in [-0.2, 0) is 14.4 Å². The molecule has 1 unspecified atom stereocenters. The molecule has 1 fully saturated rings. The van der Waals surface area contributed by atoms with Crippen LogP contribution in [0, 0.1) is 11.3 Å². The smallest absolute Gasteiger partial charge is 0.319 e. The molecule has 0 aromatic heterocycles. The average molecular weight is 242 g/mol. The van der Waals surface area contributed by atoms with Gasteiger partial charge in [0.2, 0.25) is 11.8 Å². The number of carbonyl (C=O) groups is 3. The highest BCUT2D eigenvalue weighted by molar-refractivity contribution is 6.04. The summed E-state index contributed by atoms with van der Waals surface area (Å²) < 4.78 is 0. The first-order valence-electron chi connectivity index (χ1n) is 5.55. The lowest BCUT2D eigenvalue weighted by atomic mass is 10.0. The van der Waals surface area contributed by atoms with E-state index in [9.17, 15) is 14.4 Å². The predicted octanol–water partition coefficient (Wildman–Crippen LogP) is -0.308. The van der Waals surface area contributed by atoms with Crippen molar-refractivity contribution in [2.75, 3.05) is 20.6 Å². The Morgan fingerprint density at radius 2 is 1.94 bits per heavy atom. The summed E-state index contributed by atoms with van der Waals surface area (Å²) in [5.74, 6) is -1.98. The molecule has 96 valence electrons. The van der Waals surface area contributed by atoms with Crippen molar-refractivity contribution in [3.05, 3.63) is 0 Å². The van der Waals surface area contributed by atoms with E-state index < -0.39 is 17.3 Å². The third-order valence-corrected chi connectivity index (χ3v) is 3.16. The van der Waals surface area contributed by atoms with Gasteiger partial charge in [-0.3, -0.25) is 14.4 Å². The molecule has 0 aliphatic heterocycles. The maximum Gasteiger partial charge on any atom is 0.319 e. The molecule has 0 heterocycles. The van der Waals surface area contributed by atoms with Crippen LogP contribution >= 0.6 is 0 Å². The van der Waals surface area contributed by atoms with Crippen molar-refractivity contribution < 1.29 is 19.5 Å². The van der Waals surface area contributed by atoms with Crippen LogP contribution in [0.3, 0.4) is 0 Å². The van der Waals surface area contributed by atoms with E-state index in [0.29, 0.717) is 12.8 Å². The molecule has 6 heteroatoms. The summed E-state index contributed by atoms with van der Waals surface area (Å²) in [7, 11) is 3.06. The van der Waals surface area contributed by atoms with Gasteiger partial charge in [-0.2, -0.15) is 0 Å². The summed E-state index contributed by atoms with van der Waals surface area (Å²) in [5, 5.41) is 11.5. The van der Waals surface area contributed by atoms with Crippen LogP contribution in [0.4, 0.5) is 0 Å². The molecule has 1 aliphatic rings. The van der Waals surface area contributed by atoms with Gasteiger partial charge in [-0.25, -0.2) is 0 Å². The van der Waals surface area contributed by atoms with Crippen molar-refractivity contribution in [3.8, 4) is 0 Å². The van der Waals surface area contributed by atoms with Crippen LogP contribution in [0.15, 0.2) is 0 Å². The second kappa shape index (κ2) is 4.73. The molecule has 1 aliphatic carbocycles. The van der Waals surface area contributed by atoms with E-state index >= 15 is 0 Å². The van der Waals surface area contributed by atoms with Crippen molar-refractivity contribution >= 4 is 17.8 Å². The van der Waals surface area contributed by atoms with E-state index in [0.717, 1.165) is 0 Å². The third-order valence-electron chi connectivity index (χ3n) is 3.16. The van der Waals surface area contributed by atoms with Gasteiger partial charge < -0.3 is 15.3 Å². The van der Waals surface area contributed by atoms with Gasteiger partial charge in [-0.05, 0) is 12.8 Å². The molecule has 2 N–H and O–H groups in total. The molecule has 17 heavy (non-hydrogen) atoms. The van der Waals surface area contributed by atoms with Crippen molar-refractivity contribution in [2.45, 2.75) is 19.8 Å². The van der Waals surface area contributed by atoms with E-state index in [1.54, 1.807) is 6.92 Å². The Balaban J connectivity index is 2.60. The zero-order chi connectivity index (χ0) is 13.2. The lowest BCUT2D eigenvalue weighted by Crippen LogP contribution is -2.43. The summed E-state index contributed by atoms with van der Waals surface area (Å²) in [6.45, 7) is 1.93. The van der Waals surface area contributed by atoms with Gasteiger partial charge in [0.05, 0.1) is 5.92 Å². The number of amides is 2. The van der Waals surface area contributed by atoms with Crippen LogP contribution in [0.5, 0.6) is 0 Å². The molecule has 0 aromatic carbocycles. The Bertz CT molecular complexity index is 349. The van der Waals surface area contributed by atoms with Crippen molar-refractivity contribution in [1.29, 1.82) is 0 Å². The van der Waals surface area contributed by atoms with Crippen LogP contribution in [-0.4, -0.2) is 48.4 Å². The Kier molecular flexibility index (Phi) is 3.75. The van der Waals surface area contributed by atoms with Crippen molar-refractivity contribution in [1.82, 2.24) is 10.2 Å². The fraction of sp³-hybridized carbons (Fsp3) is 0.727. The monoisotopic (exact) mass is 242 g/mol. The van der Waals surface area contributed by atoms with Crippen LogP contribution in [0.25, 0.3) is 0 Å². The number of nitrogens with zero attached hydrogens (tertiary/aromatic N) is 1. The SMILES string of the molecule is CNC(=O)C(C)CN(C)C(=O)C1(C(=O)O)CC1. The lowest BCUT2D eigenvalue weighted by molar-refractivity contribution is -0.153. The molecule has 0 spiro atoms. The van der Waals surface area contributed by atoms with Gasteiger partial charge in [0.15, 0.2) is 0 Å². The van der Waals surface area contributed by atoms with Gasteiger partial charge in [-0.15, -0.1) is 0 Å². The molecule has 1 saturated carbocycles. The first-order chi connectivity index (χ1) is 7.85. The molecular weight excluding hydrogens is 224 g/mol. The Hall–Kier alpha value is -1.59. The quantitative estimate of drug-likeness (QED) is 0.647. The van der Waals surface area contributed by atoms with Gasteiger partial charge in [0, 0.05) is 20.6 Å². The zero-order valence-corrected chi connectivity index (χ0v) is 10.3. The molecule has 1 atom stereocenters. The number of carbonyl (C=O) groups excluding carboxylic acids is 2. The summed E-state index contributed by atoms with van der Waals surface area (Å²) in [5.41, 5.74) is -1.23. The number of hydrogen-bond acceptors (Lipinski definition) is 3. The second-order valence-electron chi connectivity index (χ2n) is 4.59. The molecule has 0 aromatic rings. The highest BCUT2D eigenvalue weighted by Gasteiger charge is 2.58. The second-order valence-corrected chi connectivity index (χ2v) is 4.59. The van der Waals surface area contributed by atoms with Crippen LogP contribution < -0.4 is 5.32 Å². The topological polar surface area (TPSA) is 86.7 Å². The summed E-state index contributed by atoms with van der Waals surface area (Å²) in [4.78, 5) is 35.5. The lowest BCUT2D eigenvalue weighted by Gasteiger charge is -2.23. The summed E-state index contributed by atoms with van der Waals surface area (Å²) in [6, 6.07) is 0. The minimum absolute atomic E-state index is 0.162. The van der Waals surface area contributed by atoms with Gasteiger partial charge in [0.25, 0.3) is 0 Å². The maximum absolute atomic E-state index is 11.9. The molecule has 2 amide bonds. The fourth-order valence-electron chi connectivity index (χ4n) is 1.83. The highest BCUT2D eigenvalue weighted by atomic mass is 16.4. The van der Waals surface area contributed by atoms with Crippen molar-refractivity contribution in [2.24, 2.45) is 11.3 Å². The fourth-order valence-corrected chi connectivity index (χ4v) is 1.83. The minimum Gasteiger partial charge on any atom is -0.480 e. The van der Waals surface area contributed by atoms with E-state index in [1.807, 2.05) is 0 Å². The van der Waals surface area contributed by atoms with E-state index in [2.05, 4.69) is 5.32 Å². The number of aliphatic carboxylic acids is 1. The largest absolute Gasteiger partial charge is 0.480 e. The number of rotatable bonds is 5. The van der Waals surface area contributed by atoms with E-state index in [1.165, 1.54) is 19.0 Å². The Morgan fingerprint density at radius 1 is 1.41 bits per heavy atom. The van der Waals surface area contributed by atoms with E-state index in [-0.39, 0.29) is 18.4 Å². The molecule has 0 saturated heterocycles. The highest BCUT2D eigenvalue weighted by Crippen LogP contribution is 2.47. The third kappa shape index (κ3) is 2.57. The molecular formula is C11H18N2O4. The van der Waals surface area contributed by atoms with Gasteiger partial charge >= 0.3 is 5.97 Å². The number of carboxylic acid groups (broad SMARTS) is 1. The summed E-state index contributed by atoms with van der Waals surface area (Å²) in [6.07, 6.45) is 0.778. The molecule has 0 radical (unpaired) electrons. The van der Waals surface area contributed by atoms with E-state index in [4.69, 9.17) is 5.11 Å². The first kappa shape index (κ1) is 13.5. The standard InChI is InChI=1S/C11H18N2O4/c1-7(8(14)12-2)6-13(3)9(15)11(4-5-11)10(16)17/h7H,4-6H2,1-3H3,(H,12,14)(H,16,17). The molecule has 6 nitrogen and oxygen atoms in total. The van der Waals surface area contributed by atoms with Gasteiger partial charge in [-0.1, -0.05) is 6.92 Å². The van der Waals surface area contributed by atoms with Crippen LogP contribution in [0.2, 0.25) is 0 Å². The van der Waals surface area contributed by atoms with Crippen molar-refractivity contribution in [3.63, 3.8) is 0 Å². The molecule has 1 rings (SSSR count). The number of nitrogens with one attached hydrogen (secondary N) is 1. The summed E-state index contributed by atoms with van der Waals surface area (Å²) >= 11 is 0. The number of hydrogen-bond donors (Lipinski definition) is 2. The molecule has 0 bridgehead atoms. The average Bonchev–Trinajstić information content (AvgIpc) is 3.07. The first-order valence-corrected chi connectivity index (χ1v) is 5.55. The number of carboxylic acids is 1. The Labute approximate surface area is 100.0 Å². The normalized spacial score (nSPS) is 18.1. The Morgan fingerprint density at radius 3 is 2.29 bits per heavy atom. The zero-order valence-electron chi connectivity index (χ0n) is 10.3. The van der Waals surface area contributed by atoms with Gasteiger partial charge in [0.1, 0.15) is 5.41 Å². The maximum atomic E-state index is 11.9. The predicted molar refractivity (Wildman–Crippen MR) is 60.2 cm³/mol. The van der Waals surface area contributed by atoms with Crippen LogP contribution in [0.1, 0.15) is 19.8 Å². The minimum atomic E-state index is -1.23.